The van der Waals surface area contributed by atoms with Crippen LogP contribution in [-0.4, -0.2) is 37.4 Å². The molecule has 0 bridgehead atoms. The summed E-state index contributed by atoms with van der Waals surface area (Å²) in [4.78, 5) is 1.92. The van der Waals surface area contributed by atoms with Crippen LogP contribution >= 0.6 is 12.2 Å². The Balaban J connectivity index is 1.61. The molecule has 0 saturated heterocycles. The monoisotopic (exact) mass is 520 g/mol. The van der Waals surface area contributed by atoms with Crippen LogP contribution in [0.4, 0.5) is 23.2 Å². The number of hydrogen-bond acceptors (Lipinski definition) is 4. The number of hydrogen-bond donors (Lipinski definition) is 1. The van der Waals surface area contributed by atoms with Crippen LogP contribution in [-0.2, 0) is 12.6 Å². The molecule has 36 heavy (non-hydrogen) atoms. The number of benzene rings is 3. The maximum atomic E-state index is 13.3. The van der Waals surface area contributed by atoms with Crippen molar-refractivity contribution < 1.29 is 31.8 Å². The van der Waals surface area contributed by atoms with Gasteiger partial charge in [-0.05, 0) is 90.4 Å². The minimum absolute atomic E-state index is 0.183. The van der Waals surface area contributed by atoms with Crippen molar-refractivity contribution in [2.75, 3.05) is 32.7 Å². The predicted octanol–water partition coefficient (Wildman–Crippen LogP) is 6.24. The third-order valence-corrected chi connectivity index (χ3v) is 6.29. The molecule has 0 aromatic heterocycles. The van der Waals surface area contributed by atoms with Gasteiger partial charge in [-0.25, -0.2) is 4.39 Å². The van der Waals surface area contributed by atoms with Crippen molar-refractivity contribution in [3.05, 3.63) is 83.2 Å². The molecular formula is C26H24F4N2O3S. The molecule has 1 aliphatic heterocycles. The zero-order chi connectivity index (χ0) is 25.9. The summed E-state index contributed by atoms with van der Waals surface area (Å²) in [6, 6.07) is 13.8. The van der Waals surface area contributed by atoms with Crippen molar-refractivity contribution in [3.8, 4) is 17.2 Å². The third-order valence-electron chi connectivity index (χ3n) is 5.95. The summed E-state index contributed by atoms with van der Waals surface area (Å²) >= 11 is 5.66. The number of anilines is 1. The summed E-state index contributed by atoms with van der Waals surface area (Å²) in [7, 11) is 3.11. The molecule has 0 radical (unpaired) electrons. The van der Waals surface area contributed by atoms with Crippen LogP contribution in [0, 0.1) is 5.82 Å². The van der Waals surface area contributed by atoms with E-state index in [1.54, 1.807) is 14.2 Å². The van der Waals surface area contributed by atoms with Crippen LogP contribution in [0.15, 0.2) is 60.7 Å². The van der Waals surface area contributed by atoms with Gasteiger partial charge in [-0.3, -0.25) is 0 Å². The van der Waals surface area contributed by atoms with Crippen molar-refractivity contribution in [1.29, 1.82) is 0 Å². The fourth-order valence-corrected chi connectivity index (χ4v) is 4.43. The van der Waals surface area contributed by atoms with Crippen LogP contribution in [0.5, 0.6) is 17.2 Å². The lowest BCUT2D eigenvalue weighted by Gasteiger charge is -2.39. The van der Waals surface area contributed by atoms with Crippen molar-refractivity contribution in [1.82, 2.24) is 4.90 Å². The van der Waals surface area contributed by atoms with E-state index in [-0.39, 0.29) is 18.5 Å². The number of rotatable bonds is 6. The summed E-state index contributed by atoms with van der Waals surface area (Å²) in [5.41, 5.74) is 1.65. The maximum absolute atomic E-state index is 13.3. The zero-order valence-corrected chi connectivity index (χ0v) is 20.4. The van der Waals surface area contributed by atoms with Gasteiger partial charge in [0.1, 0.15) is 18.2 Å². The van der Waals surface area contributed by atoms with E-state index in [9.17, 15) is 17.6 Å². The SMILES string of the molecule is COc1cc2c(cc1OC)[C@H](COc1ccc(F)cc1)N(C(=S)Nc1ccc(C(F)(F)F)cc1)CC2. The van der Waals surface area contributed by atoms with E-state index in [0.717, 1.165) is 23.3 Å². The fraction of sp³-hybridized carbons (Fsp3) is 0.269. The van der Waals surface area contributed by atoms with Gasteiger partial charge in [0.25, 0.3) is 0 Å². The Bertz CT molecular complexity index is 1220. The van der Waals surface area contributed by atoms with Crippen LogP contribution in [0.2, 0.25) is 0 Å². The zero-order valence-electron chi connectivity index (χ0n) is 19.6. The quantitative estimate of drug-likeness (QED) is 0.307. The van der Waals surface area contributed by atoms with Crippen molar-refractivity contribution >= 4 is 23.0 Å². The first-order chi connectivity index (χ1) is 17.2. The highest BCUT2D eigenvalue weighted by molar-refractivity contribution is 7.80. The van der Waals surface area contributed by atoms with Gasteiger partial charge in [0.15, 0.2) is 16.6 Å². The molecule has 1 N–H and O–H groups in total. The molecule has 1 aliphatic rings. The average Bonchev–Trinajstić information content (AvgIpc) is 2.86. The van der Waals surface area contributed by atoms with Gasteiger partial charge in [-0.2, -0.15) is 13.2 Å². The molecule has 0 fully saturated rings. The molecule has 190 valence electrons. The largest absolute Gasteiger partial charge is 0.493 e. The number of fused-ring (bicyclic) bond motifs is 1. The van der Waals surface area contributed by atoms with Crippen LogP contribution in [0.1, 0.15) is 22.7 Å². The summed E-state index contributed by atoms with van der Waals surface area (Å²) in [5, 5.41) is 3.37. The van der Waals surface area contributed by atoms with Gasteiger partial charge < -0.3 is 24.4 Å². The second-order valence-electron chi connectivity index (χ2n) is 8.14. The lowest BCUT2D eigenvalue weighted by atomic mass is 9.92. The first kappa shape index (κ1) is 25.6. The van der Waals surface area contributed by atoms with Crippen molar-refractivity contribution in [3.63, 3.8) is 0 Å². The van der Waals surface area contributed by atoms with E-state index >= 15 is 0 Å². The molecule has 0 saturated carbocycles. The summed E-state index contributed by atoms with van der Waals surface area (Å²) in [6.45, 7) is 0.718. The summed E-state index contributed by atoms with van der Waals surface area (Å²) in [5.74, 6) is 1.27. The number of nitrogens with one attached hydrogen (secondary N) is 1. The molecular weight excluding hydrogens is 496 g/mol. The smallest absolute Gasteiger partial charge is 0.416 e. The second kappa shape index (κ2) is 10.6. The highest BCUT2D eigenvalue weighted by Gasteiger charge is 2.32. The number of ether oxygens (including phenoxy) is 3. The minimum atomic E-state index is -4.42. The highest BCUT2D eigenvalue weighted by atomic mass is 32.1. The molecule has 0 unspecified atom stereocenters. The lowest BCUT2D eigenvalue weighted by Crippen LogP contribution is -2.44. The van der Waals surface area contributed by atoms with E-state index in [4.69, 9.17) is 26.4 Å². The Morgan fingerprint density at radius 1 is 1.00 bits per heavy atom. The Morgan fingerprint density at radius 3 is 2.25 bits per heavy atom. The predicted molar refractivity (Wildman–Crippen MR) is 132 cm³/mol. The number of nitrogens with zero attached hydrogens (tertiary/aromatic N) is 1. The Hall–Kier alpha value is -3.53. The van der Waals surface area contributed by atoms with E-state index in [1.807, 2.05) is 17.0 Å². The number of methoxy groups -OCH3 is 2. The molecule has 10 heteroatoms. The maximum Gasteiger partial charge on any atom is 0.416 e. The topological polar surface area (TPSA) is 43.0 Å². The fourth-order valence-electron chi connectivity index (χ4n) is 4.09. The Kier molecular flexibility index (Phi) is 7.53. The lowest BCUT2D eigenvalue weighted by molar-refractivity contribution is -0.137. The standard InChI is InChI=1S/C26H24F4N2O3S/c1-33-23-13-16-11-12-32(25(36)31-19-7-3-17(4-8-19)26(28,29)30)22(21(16)14-24(23)34-2)15-35-20-9-5-18(27)6-10-20/h3-10,13-14,22H,11-12,15H2,1-2H3,(H,31,36)/t22-/m0/s1. The third kappa shape index (κ3) is 5.64. The van der Waals surface area contributed by atoms with Crippen LogP contribution in [0.3, 0.4) is 0 Å². The molecule has 0 spiro atoms. The molecule has 1 atom stereocenters. The first-order valence-electron chi connectivity index (χ1n) is 11.1. The van der Waals surface area contributed by atoms with Gasteiger partial charge >= 0.3 is 6.18 Å². The average molecular weight is 521 g/mol. The van der Waals surface area contributed by atoms with Gasteiger partial charge in [-0.15, -0.1) is 0 Å². The number of thiocarbonyl (C=S) groups is 1. The highest BCUT2D eigenvalue weighted by Crippen LogP contribution is 2.39. The summed E-state index contributed by atoms with van der Waals surface area (Å²) < 4.78 is 69.0. The Morgan fingerprint density at radius 2 is 1.64 bits per heavy atom. The van der Waals surface area contributed by atoms with E-state index in [1.165, 1.54) is 36.4 Å². The summed E-state index contributed by atoms with van der Waals surface area (Å²) in [6.07, 6.45) is -3.77. The van der Waals surface area contributed by atoms with Gasteiger partial charge in [0.2, 0.25) is 0 Å². The van der Waals surface area contributed by atoms with Crippen molar-refractivity contribution in [2.24, 2.45) is 0 Å². The molecule has 0 amide bonds. The molecule has 3 aromatic carbocycles. The van der Waals surface area contributed by atoms with Crippen molar-refractivity contribution in [2.45, 2.75) is 18.6 Å². The van der Waals surface area contributed by atoms with Gasteiger partial charge in [-0.1, -0.05) is 0 Å². The van der Waals surface area contributed by atoms with Crippen LogP contribution < -0.4 is 19.5 Å². The molecule has 3 aromatic rings. The molecule has 5 nitrogen and oxygen atoms in total. The van der Waals surface area contributed by atoms with E-state index in [0.29, 0.717) is 41.0 Å². The number of halogens is 4. The molecule has 1 heterocycles. The normalized spacial score (nSPS) is 15.2. The number of alkyl halides is 3. The first-order valence-corrected chi connectivity index (χ1v) is 11.5. The second-order valence-corrected chi connectivity index (χ2v) is 8.52. The van der Waals surface area contributed by atoms with Gasteiger partial charge in [0.05, 0.1) is 25.8 Å². The van der Waals surface area contributed by atoms with E-state index in [2.05, 4.69) is 5.32 Å². The Labute approximate surface area is 211 Å². The minimum Gasteiger partial charge on any atom is -0.493 e. The van der Waals surface area contributed by atoms with Crippen LogP contribution in [0.25, 0.3) is 0 Å². The van der Waals surface area contributed by atoms with E-state index < -0.39 is 11.7 Å². The van der Waals surface area contributed by atoms with Gasteiger partial charge in [0, 0.05) is 12.2 Å². The molecule has 0 aliphatic carbocycles. The molecule has 4 rings (SSSR count).